The molecule has 17 heavy (non-hydrogen) atoms. The van der Waals surface area contributed by atoms with E-state index in [-0.39, 0.29) is 5.56 Å². The van der Waals surface area contributed by atoms with Crippen LogP contribution < -0.4 is 4.90 Å². The van der Waals surface area contributed by atoms with Crippen LogP contribution in [0.1, 0.15) is 10.4 Å². The zero-order valence-corrected chi connectivity index (χ0v) is 9.80. The zero-order valence-electron chi connectivity index (χ0n) is 9.80. The first-order valence-electron chi connectivity index (χ1n) is 5.23. The molecule has 92 valence electrons. The summed E-state index contributed by atoms with van der Waals surface area (Å²) in [5.74, 6) is -0.261. The molecule has 0 saturated carbocycles. The Hall–Kier alpha value is -1.88. The van der Waals surface area contributed by atoms with Crippen LogP contribution in [0.5, 0.6) is 0 Å². The van der Waals surface area contributed by atoms with Crippen molar-refractivity contribution in [3.05, 3.63) is 36.5 Å². The van der Waals surface area contributed by atoms with Crippen molar-refractivity contribution in [3.8, 4) is 0 Å². The molecule has 0 aliphatic rings. The summed E-state index contributed by atoms with van der Waals surface area (Å²) in [7, 11) is 1.63. The highest BCUT2D eigenvalue weighted by molar-refractivity contribution is 5.87. The number of hydrogen-bond acceptors (Lipinski definition) is 4. The Morgan fingerprint density at radius 1 is 1.65 bits per heavy atom. The molecule has 0 aromatic carbocycles. The van der Waals surface area contributed by atoms with E-state index in [2.05, 4.69) is 11.6 Å². The highest BCUT2D eigenvalue weighted by Crippen LogP contribution is 2.11. The van der Waals surface area contributed by atoms with E-state index >= 15 is 0 Å². The number of carbonyl (C=O) groups is 1. The zero-order chi connectivity index (χ0) is 12.7. The molecule has 0 amide bonds. The van der Waals surface area contributed by atoms with Gasteiger partial charge in [-0.15, -0.1) is 6.58 Å². The monoisotopic (exact) mass is 236 g/mol. The molecule has 1 heterocycles. The van der Waals surface area contributed by atoms with Crippen molar-refractivity contribution in [2.24, 2.45) is 0 Å². The first kappa shape index (κ1) is 13.2. The third kappa shape index (κ3) is 3.88. The molecule has 0 atom stereocenters. The molecular formula is C12H16N2O3. The number of ether oxygens (including phenoxy) is 1. The van der Waals surface area contributed by atoms with Crippen LogP contribution in [0.25, 0.3) is 0 Å². The maximum Gasteiger partial charge on any atom is 0.337 e. The number of methoxy groups -OCH3 is 1. The highest BCUT2D eigenvalue weighted by Gasteiger charge is 2.08. The fourth-order valence-corrected chi connectivity index (χ4v) is 1.36. The SMILES string of the molecule is C=CCN(CCOC)c1ccc(C(=O)O)cn1. The normalized spacial score (nSPS) is 9.94. The fourth-order valence-electron chi connectivity index (χ4n) is 1.36. The van der Waals surface area contributed by atoms with Gasteiger partial charge < -0.3 is 14.7 Å². The van der Waals surface area contributed by atoms with E-state index in [1.54, 1.807) is 19.3 Å². The van der Waals surface area contributed by atoms with Crippen molar-refractivity contribution in [1.82, 2.24) is 4.98 Å². The van der Waals surface area contributed by atoms with Gasteiger partial charge in [0, 0.05) is 26.4 Å². The Labute approximate surface area is 100 Å². The summed E-state index contributed by atoms with van der Waals surface area (Å²) in [6.07, 6.45) is 3.11. The van der Waals surface area contributed by atoms with E-state index in [1.807, 2.05) is 4.90 Å². The third-order valence-corrected chi connectivity index (χ3v) is 2.23. The van der Waals surface area contributed by atoms with Crippen LogP contribution in [0, 0.1) is 0 Å². The molecule has 0 fully saturated rings. The van der Waals surface area contributed by atoms with Gasteiger partial charge in [0.2, 0.25) is 0 Å². The fraction of sp³-hybridized carbons (Fsp3) is 0.333. The highest BCUT2D eigenvalue weighted by atomic mass is 16.5. The minimum Gasteiger partial charge on any atom is -0.478 e. The van der Waals surface area contributed by atoms with Gasteiger partial charge in [-0.2, -0.15) is 0 Å². The number of hydrogen-bond donors (Lipinski definition) is 1. The molecule has 0 saturated heterocycles. The van der Waals surface area contributed by atoms with Crippen LogP contribution in [-0.2, 0) is 4.74 Å². The Bertz CT molecular complexity index is 376. The van der Waals surface area contributed by atoms with Crippen LogP contribution in [0.4, 0.5) is 5.82 Å². The number of nitrogens with zero attached hydrogens (tertiary/aromatic N) is 2. The lowest BCUT2D eigenvalue weighted by Crippen LogP contribution is -2.28. The van der Waals surface area contributed by atoms with Crippen LogP contribution in [0.3, 0.4) is 0 Å². The minimum atomic E-state index is -0.976. The molecule has 5 heteroatoms. The Kier molecular flexibility index (Phi) is 5.16. The average molecular weight is 236 g/mol. The quantitative estimate of drug-likeness (QED) is 0.725. The standard InChI is InChI=1S/C12H16N2O3/c1-3-6-14(7-8-17-2)11-5-4-10(9-13-11)12(15)16/h3-5,9H,1,6-8H2,2H3,(H,15,16). The van der Waals surface area contributed by atoms with Crippen LogP contribution in [0.15, 0.2) is 31.0 Å². The molecule has 5 nitrogen and oxygen atoms in total. The van der Waals surface area contributed by atoms with Crippen molar-refractivity contribution in [2.45, 2.75) is 0 Å². The van der Waals surface area contributed by atoms with Gasteiger partial charge in [-0.25, -0.2) is 9.78 Å². The van der Waals surface area contributed by atoms with E-state index in [1.165, 1.54) is 12.3 Å². The van der Waals surface area contributed by atoms with Gasteiger partial charge in [0.25, 0.3) is 0 Å². The number of carboxylic acid groups (broad SMARTS) is 1. The summed E-state index contributed by atoms with van der Waals surface area (Å²) >= 11 is 0. The second kappa shape index (κ2) is 6.65. The minimum absolute atomic E-state index is 0.180. The third-order valence-electron chi connectivity index (χ3n) is 2.23. The Balaban J connectivity index is 2.79. The van der Waals surface area contributed by atoms with Crippen LogP contribution >= 0.6 is 0 Å². The molecule has 0 bridgehead atoms. The van der Waals surface area contributed by atoms with E-state index in [9.17, 15) is 4.79 Å². The molecule has 0 spiro atoms. The van der Waals surface area contributed by atoms with Gasteiger partial charge in [0.15, 0.2) is 0 Å². The summed E-state index contributed by atoms with van der Waals surface area (Å²) in [6.45, 7) is 5.58. The molecule has 1 rings (SSSR count). The van der Waals surface area contributed by atoms with Gasteiger partial charge in [-0.1, -0.05) is 6.08 Å². The van der Waals surface area contributed by atoms with Gasteiger partial charge in [0.05, 0.1) is 12.2 Å². The number of aromatic nitrogens is 1. The molecular weight excluding hydrogens is 220 g/mol. The number of pyridine rings is 1. The number of rotatable bonds is 7. The predicted molar refractivity (Wildman–Crippen MR) is 65.5 cm³/mol. The van der Waals surface area contributed by atoms with Crippen LogP contribution in [0.2, 0.25) is 0 Å². The first-order chi connectivity index (χ1) is 8.19. The molecule has 1 N–H and O–H groups in total. The van der Waals surface area contributed by atoms with Crippen molar-refractivity contribution >= 4 is 11.8 Å². The Morgan fingerprint density at radius 2 is 2.41 bits per heavy atom. The smallest absolute Gasteiger partial charge is 0.337 e. The molecule has 1 aromatic rings. The summed E-state index contributed by atoms with van der Waals surface area (Å²) in [5.41, 5.74) is 0.180. The second-order valence-electron chi connectivity index (χ2n) is 3.44. The molecule has 0 aliphatic carbocycles. The number of aromatic carboxylic acids is 1. The van der Waals surface area contributed by atoms with Crippen molar-refractivity contribution in [1.29, 1.82) is 0 Å². The van der Waals surface area contributed by atoms with E-state index < -0.39 is 5.97 Å². The topological polar surface area (TPSA) is 62.7 Å². The Morgan fingerprint density at radius 3 is 2.88 bits per heavy atom. The lowest BCUT2D eigenvalue weighted by Gasteiger charge is -2.21. The predicted octanol–water partition coefficient (Wildman–Crippen LogP) is 1.42. The van der Waals surface area contributed by atoms with Gasteiger partial charge >= 0.3 is 5.97 Å². The van der Waals surface area contributed by atoms with Crippen molar-refractivity contribution in [3.63, 3.8) is 0 Å². The maximum absolute atomic E-state index is 10.7. The van der Waals surface area contributed by atoms with Crippen molar-refractivity contribution < 1.29 is 14.6 Å². The second-order valence-corrected chi connectivity index (χ2v) is 3.44. The molecule has 0 unspecified atom stereocenters. The molecule has 0 aliphatic heterocycles. The number of anilines is 1. The van der Waals surface area contributed by atoms with Gasteiger partial charge in [-0.05, 0) is 12.1 Å². The largest absolute Gasteiger partial charge is 0.478 e. The number of carboxylic acids is 1. The lowest BCUT2D eigenvalue weighted by molar-refractivity contribution is 0.0696. The molecule has 1 aromatic heterocycles. The maximum atomic E-state index is 10.7. The van der Waals surface area contributed by atoms with Gasteiger partial charge in [-0.3, -0.25) is 0 Å². The summed E-state index contributed by atoms with van der Waals surface area (Å²) < 4.78 is 5.00. The molecule has 0 radical (unpaired) electrons. The first-order valence-corrected chi connectivity index (χ1v) is 5.23. The van der Waals surface area contributed by atoms with Gasteiger partial charge in [0.1, 0.15) is 5.82 Å². The summed E-state index contributed by atoms with van der Waals surface area (Å²) in [6, 6.07) is 3.22. The average Bonchev–Trinajstić information content (AvgIpc) is 2.34. The van der Waals surface area contributed by atoms with E-state index in [0.29, 0.717) is 25.5 Å². The van der Waals surface area contributed by atoms with E-state index in [4.69, 9.17) is 9.84 Å². The lowest BCUT2D eigenvalue weighted by atomic mass is 10.3. The summed E-state index contributed by atoms with van der Waals surface area (Å²) in [5, 5.41) is 8.77. The summed E-state index contributed by atoms with van der Waals surface area (Å²) in [4.78, 5) is 16.8. The van der Waals surface area contributed by atoms with Crippen LogP contribution in [-0.4, -0.2) is 42.9 Å². The van der Waals surface area contributed by atoms with E-state index in [0.717, 1.165) is 0 Å². The van der Waals surface area contributed by atoms with Crippen molar-refractivity contribution in [2.75, 3.05) is 31.7 Å².